The zero-order valence-corrected chi connectivity index (χ0v) is 12.7. The van der Waals surface area contributed by atoms with Crippen LogP contribution < -0.4 is 0 Å². The molecule has 2 aromatic carbocycles. The average molecular weight is 302 g/mol. The highest BCUT2D eigenvalue weighted by molar-refractivity contribution is 7.99. The van der Waals surface area contributed by atoms with Crippen molar-refractivity contribution in [3.63, 3.8) is 0 Å². The molecule has 3 nitrogen and oxygen atoms in total. The van der Waals surface area contributed by atoms with Crippen molar-refractivity contribution >= 4 is 17.7 Å². The minimum Gasteiger partial charge on any atom is -0.455 e. The Labute approximate surface area is 129 Å². The predicted molar refractivity (Wildman–Crippen MR) is 84.7 cm³/mol. The highest BCUT2D eigenvalue weighted by Gasteiger charge is 2.16. The van der Waals surface area contributed by atoms with Gasteiger partial charge >= 0.3 is 5.97 Å². The molecule has 0 amide bonds. The molecule has 0 N–H and O–H groups in total. The van der Waals surface area contributed by atoms with Crippen molar-refractivity contribution < 1.29 is 14.3 Å². The molecule has 1 unspecified atom stereocenters. The highest BCUT2D eigenvalue weighted by Crippen LogP contribution is 2.19. The van der Waals surface area contributed by atoms with Crippen LogP contribution in [0.1, 0.15) is 10.4 Å². The SMILES string of the molecule is COCC(CSc1ccccc1)OC(=O)c1ccccc1. The maximum Gasteiger partial charge on any atom is 0.338 e. The van der Waals surface area contributed by atoms with E-state index >= 15 is 0 Å². The normalized spacial score (nSPS) is 11.9. The lowest BCUT2D eigenvalue weighted by Crippen LogP contribution is -2.25. The van der Waals surface area contributed by atoms with Gasteiger partial charge in [-0.05, 0) is 24.3 Å². The fourth-order valence-corrected chi connectivity index (χ4v) is 2.69. The van der Waals surface area contributed by atoms with E-state index in [0.717, 1.165) is 4.90 Å². The fourth-order valence-electron chi connectivity index (χ4n) is 1.80. The number of rotatable bonds is 7. The summed E-state index contributed by atoms with van der Waals surface area (Å²) in [5.41, 5.74) is 0.559. The first-order valence-electron chi connectivity index (χ1n) is 6.72. The van der Waals surface area contributed by atoms with Crippen molar-refractivity contribution in [3.8, 4) is 0 Å². The lowest BCUT2D eigenvalue weighted by Gasteiger charge is -2.17. The van der Waals surface area contributed by atoms with Crippen LogP contribution in [-0.4, -0.2) is 31.5 Å². The van der Waals surface area contributed by atoms with E-state index in [1.807, 2.05) is 48.5 Å². The van der Waals surface area contributed by atoms with Gasteiger partial charge in [-0.2, -0.15) is 0 Å². The lowest BCUT2D eigenvalue weighted by molar-refractivity contribution is 0.0135. The summed E-state index contributed by atoms with van der Waals surface area (Å²) in [4.78, 5) is 13.2. The number of benzene rings is 2. The molecule has 0 aliphatic heterocycles. The van der Waals surface area contributed by atoms with Gasteiger partial charge in [0.25, 0.3) is 0 Å². The summed E-state index contributed by atoms with van der Waals surface area (Å²) in [5.74, 6) is 0.350. The van der Waals surface area contributed by atoms with Gasteiger partial charge in [-0.25, -0.2) is 4.79 Å². The number of hydrogen-bond donors (Lipinski definition) is 0. The molecule has 0 bridgehead atoms. The predicted octanol–water partition coefficient (Wildman–Crippen LogP) is 3.65. The van der Waals surface area contributed by atoms with Gasteiger partial charge in [0.1, 0.15) is 6.10 Å². The molecule has 0 aliphatic carbocycles. The van der Waals surface area contributed by atoms with E-state index in [-0.39, 0.29) is 12.1 Å². The van der Waals surface area contributed by atoms with E-state index in [1.54, 1.807) is 31.0 Å². The molecule has 0 aliphatic rings. The summed E-state index contributed by atoms with van der Waals surface area (Å²) in [6, 6.07) is 19.0. The second-order valence-corrected chi connectivity index (χ2v) is 5.57. The van der Waals surface area contributed by atoms with Crippen molar-refractivity contribution in [1.29, 1.82) is 0 Å². The fraction of sp³-hybridized carbons (Fsp3) is 0.235. The quantitative estimate of drug-likeness (QED) is 0.578. The summed E-state index contributed by atoms with van der Waals surface area (Å²) < 4.78 is 10.7. The summed E-state index contributed by atoms with van der Waals surface area (Å²) in [6.45, 7) is 0.387. The molecule has 0 spiro atoms. The van der Waals surface area contributed by atoms with Gasteiger partial charge in [-0.1, -0.05) is 36.4 Å². The van der Waals surface area contributed by atoms with Crippen LogP contribution in [0.3, 0.4) is 0 Å². The second-order valence-electron chi connectivity index (χ2n) is 4.47. The van der Waals surface area contributed by atoms with Crippen LogP contribution >= 0.6 is 11.8 Å². The number of carbonyl (C=O) groups excluding carboxylic acids is 1. The molecule has 0 heterocycles. The Balaban J connectivity index is 1.91. The summed E-state index contributed by atoms with van der Waals surface area (Å²) in [7, 11) is 1.61. The molecule has 0 radical (unpaired) electrons. The van der Waals surface area contributed by atoms with Crippen LogP contribution in [0.5, 0.6) is 0 Å². The average Bonchev–Trinajstić information content (AvgIpc) is 2.54. The largest absolute Gasteiger partial charge is 0.455 e. The van der Waals surface area contributed by atoms with E-state index in [1.165, 1.54) is 0 Å². The van der Waals surface area contributed by atoms with E-state index in [9.17, 15) is 4.79 Å². The molecular formula is C17H18O3S. The highest BCUT2D eigenvalue weighted by atomic mass is 32.2. The number of thioether (sulfide) groups is 1. The monoisotopic (exact) mass is 302 g/mol. The first-order valence-corrected chi connectivity index (χ1v) is 7.71. The first kappa shape index (κ1) is 15.6. The van der Waals surface area contributed by atoms with E-state index < -0.39 is 0 Å². The van der Waals surface area contributed by atoms with Gasteiger partial charge in [-0.15, -0.1) is 11.8 Å². The molecule has 0 saturated heterocycles. The second kappa shape index (κ2) is 8.49. The van der Waals surface area contributed by atoms with Gasteiger partial charge < -0.3 is 9.47 Å². The molecule has 2 rings (SSSR count). The maximum absolute atomic E-state index is 12.1. The Morgan fingerprint density at radius 1 is 1.05 bits per heavy atom. The van der Waals surface area contributed by atoms with Gasteiger partial charge in [0.05, 0.1) is 12.2 Å². The number of methoxy groups -OCH3 is 1. The number of esters is 1. The van der Waals surface area contributed by atoms with Crippen LogP contribution in [0.4, 0.5) is 0 Å². The van der Waals surface area contributed by atoms with Gasteiger partial charge in [0.2, 0.25) is 0 Å². The van der Waals surface area contributed by atoms with Crippen LogP contribution in [0.2, 0.25) is 0 Å². The molecule has 0 saturated carbocycles. The van der Waals surface area contributed by atoms with Gasteiger partial charge in [0.15, 0.2) is 0 Å². The Morgan fingerprint density at radius 2 is 1.67 bits per heavy atom. The molecule has 0 aromatic heterocycles. The Hall–Kier alpha value is -1.78. The van der Waals surface area contributed by atoms with E-state index in [4.69, 9.17) is 9.47 Å². The molecule has 0 fully saturated rings. The van der Waals surface area contributed by atoms with Crippen molar-refractivity contribution in [2.24, 2.45) is 0 Å². The zero-order valence-electron chi connectivity index (χ0n) is 11.9. The first-order chi connectivity index (χ1) is 10.3. The molecule has 1 atom stereocenters. The maximum atomic E-state index is 12.1. The van der Waals surface area contributed by atoms with Crippen LogP contribution in [0.25, 0.3) is 0 Å². The number of carbonyl (C=O) groups is 1. The summed E-state index contributed by atoms with van der Waals surface area (Å²) >= 11 is 1.65. The van der Waals surface area contributed by atoms with Gasteiger partial charge in [0, 0.05) is 17.8 Å². The van der Waals surface area contributed by atoms with Crippen molar-refractivity contribution in [2.75, 3.05) is 19.5 Å². The standard InChI is InChI=1S/C17H18O3S/c1-19-12-15(13-21-16-10-6-3-7-11-16)20-17(18)14-8-4-2-5-9-14/h2-11,15H,12-13H2,1H3. The number of hydrogen-bond acceptors (Lipinski definition) is 4. The van der Waals surface area contributed by atoms with Crippen LogP contribution in [-0.2, 0) is 9.47 Å². The third-order valence-corrected chi connectivity index (χ3v) is 3.96. The summed E-state index contributed by atoms with van der Waals surface area (Å²) in [6.07, 6.45) is -0.270. The third-order valence-electron chi connectivity index (χ3n) is 2.81. The molecule has 4 heteroatoms. The van der Waals surface area contributed by atoms with Gasteiger partial charge in [-0.3, -0.25) is 0 Å². The molecular weight excluding hydrogens is 284 g/mol. The Kier molecular flexibility index (Phi) is 6.31. The van der Waals surface area contributed by atoms with Crippen LogP contribution in [0, 0.1) is 0 Å². The van der Waals surface area contributed by atoms with Crippen molar-refractivity contribution in [2.45, 2.75) is 11.0 Å². The Bertz CT molecular complexity index is 542. The number of ether oxygens (including phenoxy) is 2. The van der Waals surface area contributed by atoms with Crippen molar-refractivity contribution in [1.82, 2.24) is 0 Å². The summed E-state index contributed by atoms with van der Waals surface area (Å²) in [5, 5.41) is 0. The molecule has 2 aromatic rings. The topological polar surface area (TPSA) is 35.5 Å². The van der Waals surface area contributed by atoms with E-state index in [0.29, 0.717) is 17.9 Å². The third kappa shape index (κ3) is 5.25. The molecule has 21 heavy (non-hydrogen) atoms. The van der Waals surface area contributed by atoms with E-state index in [2.05, 4.69) is 0 Å². The minimum atomic E-state index is -0.314. The molecule has 110 valence electrons. The smallest absolute Gasteiger partial charge is 0.338 e. The minimum absolute atomic E-state index is 0.270. The van der Waals surface area contributed by atoms with Crippen molar-refractivity contribution in [3.05, 3.63) is 66.2 Å². The lowest BCUT2D eigenvalue weighted by atomic mass is 10.2. The Morgan fingerprint density at radius 3 is 2.29 bits per heavy atom. The zero-order chi connectivity index (χ0) is 14.9. The van der Waals surface area contributed by atoms with Crippen LogP contribution in [0.15, 0.2) is 65.6 Å².